The fourth-order valence-electron chi connectivity index (χ4n) is 8.54. The third-order valence-corrected chi connectivity index (χ3v) is 14.9. The van der Waals surface area contributed by atoms with Gasteiger partial charge in [0, 0.05) is 35.7 Å². The number of rotatable bonds is 24. The van der Waals surface area contributed by atoms with Crippen molar-refractivity contribution in [2.75, 3.05) is 27.3 Å². The summed E-state index contributed by atoms with van der Waals surface area (Å²) in [5.41, 5.74) is 2.66. The first-order valence-electron chi connectivity index (χ1n) is 23.7. The van der Waals surface area contributed by atoms with Gasteiger partial charge in [0.25, 0.3) is 0 Å². The summed E-state index contributed by atoms with van der Waals surface area (Å²) in [6.07, 6.45) is 18.9. The van der Waals surface area contributed by atoms with Crippen LogP contribution in [0.5, 0.6) is 0 Å². The number of nitrogens with zero attached hydrogens (tertiary/aromatic N) is 2. The molecule has 0 bridgehead atoms. The summed E-state index contributed by atoms with van der Waals surface area (Å²) in [6, 6.07) is 28.5. The summed E-state index contributed by atoms with van der Waals surface area (Å²) < 4.78 is 9.52. The lowest BCUT2D eigenvalue weighted by molar-refractivity contribution is -0.129. The van der Waals surface area contributed by atoms with Gasteiger partial charge < -0.3 is 29.5 Å². The van der Waals surface area contributed by atoms with Gasteiger partial charge in [-0.25, -0.2) is 9.59 Å². The van der Waals surface area contributed by atoms with E-state index in [1.54, 1.807) is 12.1 Å². The van der Waals surface area contributed by atoms with Crippen LogP contribution >= 0.6 is 22.7 Å². The molecule has 4 aromatic rings. The summed E-state index contributed by atoms with van der Waals surface area (Å²) in [4.78, 5) is 55.3. The summed E-state index contributed by atoms with van der Waals surface area (Å²) in [5, 5.41) is 21.2. The normalized spacial score (nSPS) is 18.1. The van der Waals surface area contributed by atoms with Gasteiger partial charge in [0.05, 0.1) is 38.5 Å². The smallest absolute Gasteiger partial charge is 0.348 e. The van der Waals surface area contributed by atoms with Gasteiger partial charge in [0.2, 0.25) is 11.8 Å². The second-order valence-electron chi connectivity index (χ2n) is 17.6. The highest BCUT2D eigenvalue weighted by molar-refractivity contribution is 7.14. The lowest BCUT2D eigenvalue weighted by Gasteiger charge is -2.23. The third-order valence-electron chi connectivity index (χ3n) is 12.7. The monoisotopic (exact) mass is 938 g/mol. The molecule has 2 saturated heterocycles. The van der Waals surface area contributed by atoms with E-state index in [-0.39, 0.29) is 47.7 Å². The summed E-state index contributed by atoms with van der Waals surface area (Å²) in [7, 11) is 2.77. The number of carbonyl (C=O) groups is 4. The van der Waals surface area contributed by atoms with Gasteiger partial charge in [-0.2, -0.15) is 0 Å². The number of aryl methyl sites for hydroxylation is 4. The molecule has 356 valence electrons. The minimum Gasteiger partial charge on any atom is -0.465 e. The van der Waals surface area contributed by atoms with Crippen LogP contribution in [0, 0.1) is 11.8 Å². The molecular weight excluding hydrogens is 869 g/mol. The van der Waals surface area contributed by atoms with Gasteiger partial charge in [0.15, 0.2) is 0 Å². The molecule has 6 rings (SSSR count). The lowest BCUT2D eigenvalue weighted by atomic mass is 9.95. The van der Waals surface area contributed by atoms with Crippen LogP contribution in [-0.2, 0) is 44.7 Å². The number of thiophene rings is 2. The molecule has 10 nitrogen and oxygen atoms in total. The Morgan fingerprint density at radius 1 is 0.606 bits per heavy atom. The van der Waals surface area contributed by atoms with Crippen molar-refractivity contribution >= 4 is 46.4 Å². The molecule has 2 aromatic heterocycles. The van der Waals surface area contributed by atoms with Crippen molar-refractivity contribution in [2.24, 2.45) is 11.8 Å². The van der Waals surface area contributed by atoms with Crippen LogP contribution in [0.1, 0.15) is 118 Å². The highest BCUT2D eigenvalue weighted by Gasteiger charge is 2.30. The molecule has 4 heterocycles. The Morgan fingerprint density at radius 3 is 1.38 bits per heavy atom. The zero-order valence-corrected chi connectivity index (χ0v) is 40.9. The molecule has 2 fully saturated rings. The molecular formula is C54H70N2O8S2. The van der Waals surface area contributed by atoms with E-state index in [0.29, 0.717) is 35.7 Å². The van der Waals surface area contributed by atoms with Crippen molar-refractivity contribution < 1.29 is 38.9 Å². The van der Waals surface area contributed by atoms with E-state index < -0.39 is 12.2 Å². The van der Waals surface area contributed by atoms with Crippen LogP contribution in [0.25, 0.3) is 0 Å². The molecule has 0 saturated carbocycles. The molecule has 6 atom stereocenters. The second-order valence-corrected chi connectivity index (χ2v) is 19.9. The summed E-state index contributed by atoms with van der Waals surface area (Å²) in [6.45, 7) is 5.53. The highest BCUT2D eigenvalue weighted by Crippen LogP contribution is 2.26. The molecule has 2 aromatic carbocycles. The predicted molar refractivity (Wildman–Crippen MR) is 265 cm³/mol. The summed E-state index contributed by atoms with van der Waals surface area (Å²) >= 11 is 2.89. The molecule has 0 spiro atoms. The number of amides is 2. The molecule has 2 aliphatic heterocycles. The van der Waals surface area contributed by atoms with Crippen LogP contribution in [0.4, 0.5) is 0 Å². The predicted octanol–water partition coefficient (Wildman–Crippen LogP) is 10.1. The fourth-order valence-corrected chi connectivity index (χ4v) is 10.5. The number of likely N-dealkylation sites (tertiary alicyclic amines) is 2. The van der Waals surface area contributed by atoms with Gasteiger partial charge >= 0.3 is 11.9 Å². The van der Waals surface area contributed by atoms with E-state index in [9.17, 15) is 29.4 Å². The molecule has 0 radical (unpaired) electrons. The Bertz CT molecular complexity index is 2000. The van der Waals surface area contributed by atoms with Gasteiger partial charge in [0.1, 0.15) is 9.75 Å². The van der Waals surface area contributed by atoms with E-state index in [1.807, 2.05) is 58.4 Å². The van der Waals surface area contributed by atoms with E-state index in [4.69, 9.17) is 9.47 Å². The number of esters is 2. The number of carbonyl (C=O) groups excluding carboxylic acids is 4. The largest absolute Gasteiger partial charge is 0.465 e. The quantitative estimate of drug-likeness (QED) is 0.0524. The number of aliphatic hydroxyl groups is 2. The zero-order chi connectivity index (χ0) is 47.3. The van der Waals surface area contributed by atoms with Gasteiger partial charge in [-0.15, -0.1) is 22.7 Å². The third kappa shape index (κ3) is 16.8. The van der Waals surface area contributed by atoms with Crippen molar-refractivity contribution in [3.8, 4) is 0 Å². The van der Waals surface area contributed by atoms with E-state index in [2.05, 4.69) is 62.4 Å². The first-order chi connectivity index (χ1) is 31.9. The van der Waals surface area contributed by atoms with Gasteiger partial charge in [-0.3, -0.25) is 9.59 Å². The number of ether oxygens (including phenoxy) is 2. The van der Waals surface area contributed by atoms with Crippen molar-refractivity contribution in [3.05, 3.63) is 140 Å². The van der Waals surface area contributed by atoms with Crippen molar-refractivity contribution in [2.45, 2.75) is 128 Å². The molecule has 2 unspecified atom stereocenters. The van der Waals surface area contributed by atoms with Crippen LogP contribution in [0.3, 0.4) is 0 Å². The number of benzene rings is 2. The Balaban J connectivity index is 0.000000247. The van der Waals surface area contributed by atoms with Crippen LogP contribution in [0.15, 0.2) is 109 Å². The van der Waals surface area contributed by atoms with Crippen molar-refractivity contribution in [1.29, 1.82) is 0 Å². The molecule has 12 heteroatoms. The Hall–Kier alpha value is -4.88. The van der Waals surface area contributed by atoms with Crippen molar-refractivity contribution in [3.63, 3.8) is 0 Å². The maximum absolute atomic E-state index is 12.4. The summed E-state index contributed by atoms with van der Waals surface area (Å²) in [5.74, 6) is 0.0997. The maximum Gasteiger partial charge on any atom is 0.348 e. The van der Waals surface area contributed by atoms with E-state index in [0.717, 1.165) is 86.8 Å². The average Bonchev–Trinajstić information content (AvgIpc) is 4.16. The topological polar surface area (TPSA) is 134 Å². The minimum absolute atomic E-state index is 0.0534. The standard InChI is InChI=1S/2C27H35NO4S/c2*1-20(8-6-11-21-9-4-3-5-10-21)24(29)16-13-22-14-18-26(30)28(22)19-7-12-23-15-17-25(33-23)27(31)32-2/h2*3-5,9-10,13,15-17,20,22,24,29H,6-8,11-12,14,18-19H2,1-2H3/b2*16-13+/t20?,22-,24+;20?,22-,24-/m00/s1. The highest BCUT2D eigenvalue weighted by atomic mass is 32.1. The Kier molecular flexibility index (Phi) is 21.9. The first kappa shape index (κ1) is 52.1. The maximum atomic E-state index is 12.4. The molecule has 0 aliphatic carbocycles. The van der Waals surface area contributed by atoms with Crippen LogP contribution < -0.4 is 0 Å². The lowest BCUT2D eigenvalue weighted by Crippen LogP contribution is -2.33. The van der Waals surface area contributed by atoms with Gasteiger partial charge in [-0.05, 0) is 124 Å². The average molecular weight is 939 g/mol. The number of hydrogen-bond donors (Lipinski definition) is 2. The van der Waals surface area contributed by atoms with Crippen LogP contribution in [-0.4, -0.2) is 95.4 Å². The zero-order valence-electron chi connectivity index (χ0n) is 39.2. The van der Waals surface area contributed by atoms with Crippen LogP contribution in [0.2, 0.25) is 0 Å². The molecule has 66 heavy (non-hydrogen) atoms. The molecule has 2 aliphatic rings. The van der Waals surface area contributed by atoms with E-state index in [1.165, 1.54) is 48.0 Å². The molecule has 2 amide bonds. The Morgan fingerprint density at radius 2 is 1.00 bits per heavy atom. The van der Waals surface area contributed by atoms with E-state index >= 15 is 0 Å². The first-order valence-corrected chi connectivity index (χ1v) is 25.3. The second kappa shape index (κ2) is 27.7. The van der Waals surface area contributed by atoms with Gasteiger partial charge in [-0.1, -0.05) is 98.8 Å². The fraction of sp³-hybridized carbons (Fsp3) is 0.481. The minimum atomic E-state index is -0.499. The Labute approximate surface area is 400 Å². The number of hydrogen-bond acceptors (Lipinski definition) is 10. The molecule has 2 N–H and O–H groups in total. The number of methoxy groups -OCH3 is 2. The van der Waals surface area contributed by atoms with Crippen molar-refractivity contribution in [1.82, 2.24) is 9.80 Å². The number of aliphatic hydroxyl groups excluding tert-OH is 2. The SMILES string of the molecule is COC(=O)c1ccc(CCCN2C(=O)CC[C@@H]2/C=C/[C@@H](O)C(C)CCCc2ccccc2)s1.COC(=O)c1ccc(CCCN2C(=O)CC[C@@H]2/C=C/[C@H](O)C(C)CCCc2ccccc2)s1.